The van der Waals surface area contributed by atoms with Crippen LogP contribution < -0.4 is 0 Å². The molecule has 1 aliphatic heterocycles. The average molecular weight is 391 g/mol. The number of ether oxygens (including phenoxy) is 1. The summed E-state index contributed by atoms with van der Waals surface area (Å²) in [7, 11) is 0. The molecule has 1 atom stereocenters. The van der Waals surface area contributed by atoms with Crippen molar-refractivity contribution in [1.82, 2.24) is 23.7 Å². The second-order valence-corrected chi connectivity index (χ2v) is 7.14. The third-order valence-corrected chi connectivity index (χ3v) is 5.30. The Kier molecular flexibility index (Phi) is 5.69. The van der Waals surface area contributed by atoms with Crippen LogP contribution in [0.4, 0.5) is 0 Å². The zero-order chi connectivity index (χ0) is 20.2. The third kappa shape index (κ3) is 4.36. The largest absolute Gasteiger partial charge is 0.379 e. The molecular formula is C22H25N5O2. The van der Waals surface area contributed by atoms with Crippen LogP contribution in [0.5, 0.6) is 0 Å². The molecule has 0 aromatic carbocycles. The number of imidazole rings is 2. The van der Waals surface area contributed by atoms with Crippen molar-refractivity contribution < 1.29 is 9.53 Å². The number of nitrogens with zero attached hydrogens (tertiary/aromatic N) is 5. The molecule has 4 aromatic rings. The lowest BCUT2D eigenvalue weighted by Crippen LogP contribution is -2.38. The molecule has 0 amide bonds. The summed E-state index contributed by atoms with van der Waals surface area (Å²) in [6, 6.07) is 8.34. The van der Waals surface area contributed by atoms with Gasteiger partial charge in [-0.2, -0.15) is 0 Å². The van der Waals surface area contributed by atoms with E-state index in [0.717, 1.165) is 37.6 Å². The molecule has 0 saturated carbocycles. The fourth-order valence-electron chi connectivity index (χ4n) is 3.49. The topological polar surface area (TPSA) is 64.1 Å². The van der Waals surface area contributed by atoms with Gasteiger partial charge in [-0.05, 0) is 43.7 Å². The van der Waals surface area contributed by atoms with E-state index in [-0.39, 0.29) is 5.78 Å². The molecule has 7 nitrogen and oxygen atoms in total. The molecule has 0 spiro atoms. The van der Waals surface area contributed by atoms with Crippen molar-refractivity contribution in [3.63, 3.8) is 0 Å². The molecule has 0 aliphatic carbocycles. The molecule has 0 bridgehead atoms. The minimum Gasteiger partial charge on any atom is -0.379 e. The van der Waals surface area contributed by atoms with Crippen LogP contribution in [0.15, 0.2) is 61.4 Å². The van der Waals surface area contributed by atoms with E-state index in [1.54, 1.807) is 25.3 Å². The number of pyridine rings is 2. The summed E-state index contributed by atoms with van der Waals surface area (Å²) in [5.74, 6) is 0.0699. The van der Waals surface area contributed by atoms with Crippen LogP contribution in [-0.4, -0.2) is 55.8 Å². The highest BCUT2D eigenvalue weighted by atomic mass is 16.5. The van der Waals surface area contributed by atoms with Crippen molar-refractivity contribution in [1.29, 1.82) is 0 Å². The number of hydrogen-bond acceptors (Lipinski definition) is 5. The Hall–Kier alpha value is -3.03. The molecule has 5 heterocycles. The van der Waals surface area contributed by atoms with Gasteiger partial charge in [-0.1, -0.05) is 0 Å². The van der Waals surface area contributed by atoms with Crippen molar-refractivity contribution in [2.75, 3.05) is 26.3 Å². The van der Waals surface area contributed by atoms with E-state index in [0.29, 0.717) is 11.6 Å². The van der Waals surface area contributed by atoms with Gasteiger partial charge in [0.15, 0.2) is 5.78 Å². The standard InChI is InChI=1S/C13H17N3O.C9H8N2O/c1-11(15-6-8-17-9-7-15)12-2-4-16-5-3-14-13(16)10-12;1-7(12)8-2-4-11-5-3-10-9(11)6-8/h2-5,10-11H,6-9H2,1H3;2-6H,1H3. The number of morpholine rings is 1. The van der Waals surface area contributed by atoms with E-state index in [2.05, 4.69) is 40.1 Å². The number of Topliss-reactive ketones (excluding diaryl/α,β-unsaturated/α-hetero) is 1. The first kappa shape index (κ1) is 19.3. The number of fused-ring (bicyclic) bond motifs is 2. The van der Waals surface area contributed by atoms with Gasteiger partial charge in [0.1, 0.15) is 11.3 Å². The molecule has 1 saturated heterocycles. The van der Waals surface area contributed by atoms with Crippen molar-refractivity contribution in [2.45, 2.75) is 19.9 Å². The summed E-state index contributed by atoms with van der Waals surface area (Å²) >= 11 is 0. The molecule has 0 N–H and O–H groups in total. The Morgan fingerprint density at radius 3 is 2.24 bits per heavy atom. The van der Waals surface area contributed by atoms with Gasteiger partial charge in [0.05, 0.1) is 13.2 Å². The van der Waals surface area contributed by atoms with Crippen molar-refractivity contribution in [3.05, 3.63) is 72.6 Å². The van der Waals surface area contributed by atoms with Crippen LogP contribution in [-0.2, 0) is 4.74 Å². The molecule has 1 unspecified atom stereocenters. The Morgan fingerprint density at radius 1 is 0.966 bits per heavy atom. The number of carbonyl (C=O) groups excluding carboxylic acids is 1. The summed E-state index contributed by atoms with van der Waals surface area (Å²) in [6.45, 7) is 7.52. The van der Waals surface area contributed by atoms with E-state index in [1.165, 1.54) is 5.56 Å². The van der Waals surface area contributed by atoms with Crippen molar-refractivity contribution in [3.8, 4) is 0 Å². The maximum Gasteiger partial charge on any atom is 0.159 e. The average Bonchev–Trinajstić information content (AvgIpc) is 3.42. The van der Waals surface area contributed by atoms with Gasteiger partial charge in [0.25, 0.3) is 0 Å². The first-order valence-electron chi connectivity index (χ1n) is 9.80. The number of aromatic nitrogens is 4. The second-order valence-electron chi connectivity index (χ2n) is 7.14. The lowest BCUT2D eigenvalue weighted by molar-refractivity contribution is 0.0198. The van der Waals surface area contributed by atoms with E-state index in [1.807, 2.05) is 33.6 Å². The van der Waals surface area contributed by atoms with Gasteiger partial charge in [-0.25, -0.2) is 9.97 Å². The summed E-state index contributed by atoms with van der Waals surface area (Å²) in [4.78, 5) is 21.8. The Labute approximate surface area is 169 Å². The van der Waals surface area contributed by atoms with Crippen molar-refractivity contribution in [2.24, 2.45) is 0 Å². The summed E-state index contributed by atoms with van der Waals surface area (Å²) in [5.41, 5.74) is 3.85. The van der Waals surface area contributed by atoms with Crippen LogP contribution in [0.2, 0.25) is 0 Å². The Morgan fingerprint density at radius 2 is 1.59 bits per heavy atom. The van der Waals surface area contributed by atoms with Gasteiger partial charge < -0.3 is 13.5 Å². The molecule has 1 fully saturated rings. The van der Waals surface area contributed by atoms with E-state index in [9.17, 15) is 4.79 Å². The van der Waals surface area contributed by atoms with Gasteiger partial charge >= 0.3 is 0 Å². The maximum absolute atomic E-state index is 11.0. The lowest BCUT2D eigenvalue weighted by atomic mass is 10.1. The van der Waals surface area contributed by atoms with Gasteiger partial charge in [0.2, 0.25) is 0 Å². The fraction of sp³-hybridized carbons (Fsp3) is 0.318. The lowest BCUT2D eigenvalue weighted by Gasteiger charge is -2.32. The number of ketones is 1. The fourth-order valence-corrected chi connectivity index (χ4v) is 3.49. The molecule has 0 radical (unpaired) electrons. The zero-order valence-corrected chi connectivity index (χ0v) is 16.7. The smallest absolute Gasteiger partial charge is 0.159 e. The van der Waals surface area contributed by atoms with Crippen LogP contribution >= 0.6 is 0 Å². The number of hydrogen-bond donors (Lipinski definition) is 0. The number of carbonyl (C=O) groups is 1. The molecule has 1 aliphatic rings. The van der Waals surface area contributed by atoms with Gasteiger partial charge in [-0.15, -0.1) is 0 Å². The first-order chi connectivity index (χ1) is 14.1. The summed E-state index contributed by atoms with van der Waals surface area (Å²) in [6.07, 6.45) is 11.3. The number of rotatable bonds is 3. The monoisotopic (exact) mass is 391 g/mol. The minimum atomic E-state index is 0.0699. The van der Waals surface area contributed by atoms with E-state index >= 15 is 0 Å². The molecular weight excluding hydrogens is 366 g/mol. The van der Waals surface area contributed by atoms with E-state index < -0.39 is 0 Å². The highest BCUT2D eigenvalue weighted by Gasteiger charge is 2.18. The quantitative estimate of drug-likeness (QED) is 0.502. The predicted octanol–water partition coefficient (Wildman–Crippen LogP) is 3.26. The third-order valence-electron chi connectivity index (χ3n) is 5.30. The van der Waals surface area contributed by atoms with Crippen LogP contribution in [0.3, 0.4) is 0 Å². The Balaban J connectivity index is 0.000000150. The normalized spacial score (nSPS) is 15.8. The predicted molar refractivity (Wildman–Crippen MR) is 111 cm³/mol. The van der Waals surface area contributed by atoms with Crippen molar-refractivity contribution >= 4 is 17.1 Å². The first-order valence-corrected chi connectivity index (χ1v) is 9.80. The Bertz CT molecular complexity index is 1110. The second kappa shape index (κ2) is 8.55. The van der Waals surface area contributed by atoms with E-state index in [4.69, 9.17) is 4.74 Å². The highest BCUT2D eigenvalue weighted by Crippen LogP contribution is 2.21. The maximum atomic E-state index is 11.0. The molecule has 7 heteroatoms. The molecule has 4 aromatic heterocycles. The van der Waals surface area contributed by atoms with Crippen LogP contribution in [0, 0.1) is 0 Å². The molecule has 29 heavy (non-hydrogen) atoms. The van der Waals surface area contributed by atoms with Gasteiger partial charge in [-0.3, -0.25) is 9.69 Å². The van der Waals surface area contributed by atoms with Crippen LogP contribution in [0.1, 0.15) is 35.8 Å². The minimum absolute atomic E-state index is 0.0699. The summed E-state index contributed by atoms with van der Waals surface area (Å²) in [5, 5.41) is 0. The molecule has 150 valence electrons. The van der Waals surface area contributed by atoms with Gasteiger partial charge in [0, 0.05) is 61.9 Å². The summed E-state index contributed by atoms with van der Waals surface area (Å²) < 4.78 is 9.29. The SMILES string of the molecule is CC(=O)c1ccn2ccnc2c1.CC(c1ccn2ccnc2c1)N1CCOCC1. The highest BCUT2D eigenvalue weighted by molar-refractivity contribution is 5.94. The zero-order valence-electron chi connectivity index (χ0n) is 16.7. The molecule has 5 rings (SSSR count). The van der Waals surface area contributed by atoms with Crippen LogP contribution in [0.25, 0.3) is 11.3 Å².